The van der Waals surface area contributed by atoms with Gasteiger partial charge >= 0.3 is 0 Å². The number of benzene rings is 2. The van der Waals surface area contributed by atoms with Gasteiger partial charge in [-0.05, 0) is 48.9 Å². The number of carbonyl (C=O) groups excluding carboxylic acids is 2. The summed E-state index contributed by atoms with van der Waals surface area (Å²) in [7, 11) is -2.42. The zero-order valence-corrected chi connectivity index (χ0v) is 22.3. The first-order valence-electron chi connectivity index (χ1n) is 12.3. The van der Waals surface area contributed by atoms with Crippen molar-refractivity contribution in [1.29, 1.82) is 0 Å². The molecule has 3 heterocycles. The number of amides is 2. The number of ether oxygens (including phenoxy) is 1. The monoisotopic (exact) mass is 545 g/mol. The first-order chi connectivity index (χ1) is 18.8. The molecule has 1 fully saturated rings. The Labute approximate surface area is 226 Å². The minimum Gasteiger partial charge on any atom is -0.481 e. The van der Waals surface area contributed by atoms with Crippen LogP contribution >= 0.6 is 0 Å². The van der Waals surface area contributed by atoms with Crippen molar-refractivity contribution in [3.05, 3.63) is 89.7 Å². The molecule has 39 heavy (non-hydrogen) atoms. The summed E-state index contributed by atoms with van der Waals surface area (Å²) in [6.45, 7) is 3.30. The number of methoxy groups -OCH3 is 1. The van der Waals surface area contributed by atoms with E-state index < -0.39 is 10.0 Å². The molecule has 0 unspecified atom stereocenters. The number of hydrogen-bond donors (Lipinski definition) is 1. The number of pyridine rings is 2. The van der Waals surface area contributed by atoms with Gasteiger partial charge in [0, 0.05) is 61.2 Å². The summed E-state index contributed by atoms with van der Waals surface area (Å²) in [6.07, 6.45) is 3.08. The van der Waals surface area contributed by atoms with Crippen molar-refractivity contribution < 1.29 is 22.7 Å². The van der Waals surface area contributed by atoms with Gasteiger partial charge in [-0.25, -0.2) is 13.4 Å². The molecule has 10 nitrogen and oxygen atoms in total. The molecule has 1 aliphatic rings. The number of hydrogen-bond acceptors (Lipinski definition) is 7. The second-order valence-electron chi connectivity index (χ2n) is 9.14. The molecule has 2 aromatic carbocycles. The van der Waals surface area contributed by atoms with Gasteiger partial charge < -0.3 is 14.5 Å². The maximum Gasteiger partial charge on any atom is 0.264 e. The highest BCUT2D eigenvalue weighted by Gasteiger charge is 2.26. The molecule has 1 aliphatic heterocycles. The molecule has 0 atom stereocenters. The maximum atomic E-state index is 13.2. The van der Waals surface area contributed by atoms with Crippen molar-refractivity contribution in [1.82, 2.24) is 19.8 Å². The van der Waals surface area contributed by atoms with E-state index in [2.05, 4.69) is 14.7 Å². The Balaban J connectivity index is 1.26. The van der Waals surface area contributed by atoms with E-state index in [1.807, 2.05) is 0 Å². The Morgan fingerprint density at radius 1 is 0.846 bits per heavy atom. The molecule has 0 radical (unpaired) electrons. The van der Waals surface area contributed by atoms with E-state index in [9.17, 15) is 18.0 Å². The Bertz CT molecular complexity index is 1660. The molecule has 0 saturated carbocycles. The van der Waals surface area contributed by atoms with E-state index in [-0.39, 0.29) is 16.7 Å². The van der Waals surface area contributed by atoms with E-state index in [0.717, 1.165) is 5.39 Å². The molecule has 4 aromatic rings. The molecule has 2 aromatic heterocycles. The van der Waals surface area contributed by atoms with Crippen LogP contribution in [0.3, 0.4) is 0 Å². The number of aryl methyl sites for hydroxylation is 1. The smallest absolute Gasteiger partial charge is 0.264 e. The normalized spacial score (nSPS) is 13.8. The summed E-state index contributed by atoms with van der Waals surface area (Å²) in [4.78, 5) is 37.8. The number of nitrogens with one attached hydrogen (secondary N) is 1. The minimum absolute atomic E-state index is 0.0813. The predicted molar refractivity (Wildman–Crippen MR) is 146 cm³/mol. The molecule has 2 amide bonds. The van der Waals surface area contributed by atoms with Crippen LogP contribution in [0.5, 0.6) is 5.88 Å². The third kappa shape index (κ3) is 5.39. The highest BCUT2D eigenvalue weighted by Crippen LogP contribution is 2.26. The molecule has 1 N–H and O–H groups in total. The number of piperazine rings is 1. The fourth-order valence-electron chi connectivity index (χ4n) is 4.54. The molecule has 1 saturated heterocycles. The number of rotatable bonds is 6. The molecular weight excluding hydrogens is 518 g/mol. The van der Waals surface area contributed by atoms with Gasteiger partial charge in [-0.3, -0.25) is 19.3 Å². The van der Waals surface area contributed by atoms with Crippen LogP contribution in [0.15, 0.2) is 78.0 Å². The second kappa shape index (κ2) is 10.7. The third-order valence-corrected chi connectivity index (χ3v) is 8.05. The maximum absolute atomic E-state index is 13.2. The van der Waals surface area contributed by atoms with Crippen LogP contribution in [-0.2, 0) is 10.0 Å². The average molecular weight is 546 g/mol. The van der Waals surface area contributed by atoms with Crippen LogP contribution in [-0.4, -0.2) is 73.3 Å². The van der Waals surface area contributed by atoms with Gasteiger partial charge in [-0.15, -0.1) is 0 Å². The Morgan fingerprint density at radius 2 is 1.51 bits per heavy atom. The zero-order chi connectivity index (χ0) is 27.6. The summed E-state index contributed by atoms with van der Waals surface area (Å²) >= 11 is 0. The lowest BCUT2D eigenvalue weighted by atomic mass is 10.1. The van der Waals surface area contributed by atoms with Crippen molar-refractivity contribution in [2.24, 2.45) is 0 Å². The van der Waals surface area contributed by atoms with Gasteiger partial charge in [-0.2, -0.15) is 0 Å². The van der Waals surface area contributed by atoms with E-state index in [0.29, 0.717) is 60.0 Å². The van der Waals surface area contributed by atoms with Crippen LogP contribution in [0, 0.1) is 6.92 Å². The van der Waals surface area contributed by atoms with E-state index >= 15 is 0 Å². The van der Waals surface area contributed by atoms with Crippen LogP contribution < -0.4 is 9.46 Å². The lowest BCUT2D eigenvalue weighted by Gasteiger charge is -2.35. The standard InChI is InChI=1S/C28H27N5O5S/c1-19-17-21(8-9-23(19)31-39(36,37)24-7-3-5-20-6-4-11-30-26(20)24)27(34)32-13-15-33(16-14-32)28(35)22-10-12-29-25(18-22)38-2/h3-12,17-18,31H,13-16H2,1-2H3. The molecule has 0 bridgehead atoms. The SMILES string of the molecule is COc1cc(C(=O)N2CCN(C(=O)c3ccc(NS(=O)(=O)c4cccc5cccnc45)c(C)c3)CC2)ccn1. The summed E-state index contributed by atoms with van der Waals surface area (Å²) in [5.74, 6) is 0.0460. The number of nitrogens with zero attached hydrogens (tertiary/aromatic N) is 4. The average Bonchev–Trinajstić information content (AvgIpc) is 2.97. The predicted octanol–water partition coefficient (Wildman–Crippen LogP) is 3.35. The molecule has 5 rings (SSSR count). The summed E-state index contributed by atoms with van der Waals surface area (Å²) in [5, 5.41) is 0.723. The van der Waals surface area contributed by atoms with Crippen molar-refractivity contribution in [3.8, 4) is 5.88 Å². The Hall–Kier alpha value is -4.51. The van der Waals surface area contributed by atoms with Crippen molar-refractivity contribution in [3.63, 3.8) is 0 Å². The molecule has 0 spiro atoms. The number of sulfonamides is 1. The topological polar surface area (TPSA) is 122 Å². The lowest BCUT2D eigenvalue weighted by molar-refractivity contribution is 0.0535. The van der Waals surface area contributed by atoms with Gasteiger partial charge in [0.2, 0.25) is 5.88 Å². The number of anilines is 1. The van der Waals surface area contributed by atoms with Crippen molar-refractivity contribution >= 4 is 38.4 Å². The lowest BCUT2D eigenvalue weighted by Crippen LogP contribution is -2.50. The number of para-hydroxylation sites is 1. The Morgan fingerprint density at radius 3 is 2.18 bits per heavy atom. The fourth-order valence-corrected chi connectivity index (χ4v) is 5.85. The summed E-state index contributed by atoms with van der Waals surface area (Å²) in [5.41, 5.74) is 2.30. The van der Waals surface area contributed by atoms with Gasteiger partial charge in [0.15, 0.2) is 0 Å². The van der Waals surface area contributed by atoms with Crippen LogP contribution in [0.25, 0.3) is 10.9 Å². The van der Waals surface area contributed by atoms with Crippen molar-refractivity contribution in [2.45, 2.75) is 11.8 Å². The van der Waals surface area contributed by atoms with Crippen LogP contribution in [0.1, 0.15) is 26.3 Å². The van der Waals surface area contributed by atoms with Gasteiger partial charge in [0.1, 0.15) is 4.90 Å². The highest BCUT2D eigenvalue weighted by molar-refractivity contribution is 7.93. The minimum atomic E-state index is -3.91. The quantitative estimate of drug-likeness (QED) is 0.394. The van der Waals surface area contributed by atoms with Crippen molar-refractivity contribution in [2.75, 3.05) is 38.0 Å². The number of fused-ring (bicyclic) bond motifs is 1. The van der Waals surface area contributed by atoms with E-state index in [1.165, 1.54) is 19.4 Å². The molecule has 0 aliphatic carbocycles. The summed E-state index contributed by atoms with van der Waals surface area (Å²) in [6, 6.07) is 16.6. The third-order valence-electron chi connectivity index (χ3n) is 6.65. The van der Waals surface area contributed by atoms with Gasteiger partial charge in [0.25, 0.3) is 21.8 Å². The van der Waals surface area contributed by atoms with E-state index in [4.69, 9.17) is 4.74 Å². The molecule has 11 heteroatoms. The van der Waals surface area contributed by atoms with Gasteiger partial charge in [0.05, 0.1) is 18.3 Å². The second-order valence-corrected chi connectivity index (χ2v) is 10.8. The fraction of sp³-hybridized carbons (Fsp3) is 0.214. The zero-order valence-electron chi connectivity index (χ0n) is 21.5. The summed E-state index contributed by atoms with van der Waals surface area (Å²) < 4.78 is 34.1. The number of carbonyl (C=O) groups is 2. The number of aromatic nitrogens is 2. The molecular formula is C28H27N5O5S. The van der Waals surface area contributed by atoms with Crippen LogP contribution in [0.2, 0.25) is 0 Å². The van der Waals surface area contributed by atoms with E-state index in [1.54, 1.807) is 77.5 Å². The first kappa shape index (κ1) is 26.1. The Kier molecular flexibility index (Phi) is 7.16. The first-order valence-corrected chi connectivity index (χ1v) is 13.8. The van der Waals surface area contributed by atoms with Gasteiger partial charge in [-0.1, -0.05) is 18.2 Å². The van der Waals surface area contributed by atoms with Crippen LogP contribution in [0.4, 0.5) is 5.69 Å². The largest absolute Gasteiger partial charge is 0.481 e. The highest BCUT2D eigenvalue weighted by atomic mass is 32.2. The molecule has 200 valence electrons.